The lowest BCUT2D eigenvalue weighted by Gasteiger charge is -2.06. The van der Waals surface area contributed by atoms with Crippen molar-refractivity contribution in [3.63, 3.8) is 0 Å². The Balaban J connectivity index is 1.98. The van der Waals surface area contributed by atoms with Crippen molar-refractivity contribution in [2.24, 2.45) is 0 Å². The van der Waals surface area contributed by atoms with Crippen molar-refractivity contribution in [2.75, 3.05) is 5.73 Å². The third-order valence-corrected chi connectivity index (χ3v) is 3.25. The van der Waals surface area contributed by atoms with Crippen LogP contribution < -0.4 is 10.5 Å². The molecular weight excluding hydrogens is 287 g/mol. The smallest absolute Gasteiger partial charge is 0.400 e. The molecule has 0 aliphatic heterocycles. The number of fused-ring (bicyclic) bond motifs is 1. The molecule has 0 saturated carbocycles. The van der Waals surface area contributed by atoms with E-state index in [0.29, 0.717) is 32.6 Å². The van der Waals surface area contributed by atoms with E-state index in [-0.39, 0.29) is 6.08 Å². The highest BCUT2D eigenvalue weighted by Crippen LogP contribution is 2.35. The van der Waals surface area contributed by atoms with E-state index in [2.05, 4.69) is 4.98 Å². The maximum Gasteiger partial charge on any atom is 0.400 e. The number of rotatable bonds is 2. The van der Waals surface area contributed by atoms with Gasteiger partial charge < -0.3 is 14.9 Å². The summed E-state index contributed by atoms with van der Waals surface area (Å²) in [6.45, 7) is 0. The summed E-state index contributed by atoms with van der Waals surface area (Å²) in [5.41, 5.74) is 7.49. The number of halogens is 2. The van der Waals surface area contributed by atoms with Crippen LogP contribution in [0.3, 0.4) is 0 Å². The Bertz CT molecular complexity index is 722. The van der Waals surface area contributed by atoms with Crippen LogP contribution in [0.5, 0.6) is 11.8 Å². The van der Waals surface area contributed by atoms with Gasteiger partial charge in [-0.15, -0.1) is 0 Å². The fourth-order valence-electron chi connectivity index (χ4n) is 1.62. The second-order valence-electron chi connectivity index (χ2n) is 3.85. The molecule has 0 atom stereocenters. The molecule has 4 nitrogen and oxygen atoms in total. The molecule has 1 aromatic heterocycles. The molecule has 0 aliphatic rings. The van der Waals surface area contributed by atoms with Gasteiger partial charge in [0.1, 0.15) is 5.52 Å². The fraction of sp³-hybridized carbons (Fsp3) is 0. The summed E-state index contributed by atoms with van der Waals surface area (Å²) in [6.07, 6.45) is 0.103. The normalized spacial score (nSPS) is 10.8. The van der Waals surface area contributed by atoms with E-state index in [9.17, 15) is 0 Å². The van der Waals surface area contributed by atoms with Gasteiger partial charge in [0, 0.05) is 6.07 Å². The summed E-state index contributed by atoms with van der Waals surface area (Å²) in [5, 5.41) is 0.714. The van der Waals surface area contributed by atoms with Gasteiger partial charge in [0.2, 0.25) is 0 Å². The summed E-state index contributed by atoms with van der Waals surface area (Å²) in [5.74, 6) is 0.348. The molecule has 0 unspecified atom stereocenters. The summed E-state index contributed by atoms with van der Waals surface area (Å²) >= 11 is 11.8. The zero-order valence-electron chi connectivity index (χ0n) is 9.56. The SMILES string of the molecule is Nc1cc(Cl)c(Cl)cc1Oc1nc2ccccc2o1. The zero-order chi connectivity index (χ0) is 13.4. The van der Waals surface area contributed by atoms with E-state index in [1.165, 1.54) is 12.1 Å². The van der Waals surface area contributed by atoms with E-state index in [4.69, 9.17) is 38.1 Å². The Labute approximate surface area is 118 Å². The number of hydrogen-bond acceptors (Lipinski definition) is 4. The minimum absolute atomic E-state index is 0.103. The molecule has 0 amide bonds. The number of oxazole rings is 1. The van der Waals surface area contributed by atoms with Gasteiger partial charge in [-0.1, -0.05) is 35.3 Å². The van der Waals surface area contributed by atoms with Crippen LogP contribution >= 0.6 is 23.2 Å². The lowest BCUT2D eigenvalue weighted by Crippen LogP contribution is -1.92. The Morgan fingerprint density at radius 1 is 1.11 bits per heavy atom. The van der Waals surface area contributed by atoms with Gasteiger partial charge in [0.05, 0.1) is 15.7 Å². The molecule has 2 N–H and O–H groups in total. The Hall–Kier alpha value is -1.91. The highest BCUT2D eigenvalue weighted by molar-refractivity contribution is 6.42. The first-order chi connectivity index (χ1) is 9.13. The highest BCUT2D eigenvalue weighted by atomic mass is 35.5. The van der Waals surface area contributed by atoms with Gasteiger partial charge in [0.15, 0.2) is 11.3 Å². The zero-order valence-corrected chi connectivity index (χ0v) is 11.1. The molecule has 2 aromatic carbocycles. The van der Waals surface area contributed by atoms with Gasteiger partial charge in [-0.2, -0.15) is 4.98 Å². The van der Waals surface area contributed by atoms with Gasteiger partial charge in [-0.3, -0.25) is 0 Å². The number of benzene rings is 2. The molecule has 19 heavy (non-hydrogen) atoms. The van der Waals surface area contributed by atoms with Crippen molar-refractivity contribution in [1.29, 1.82) is 0 Å². The summed E-state index contributed by atoms with van der Waals surface area (Å²) in [6, 6.07) is 10.4. The number of aromatic nitrogens is 1. The monoisotopic (exact) mass is 294 g/mol. The minimum Gasteiger partial charge on any atom is -0.409 e. The number of hydrogen-bond donors (Lipinski definition) is 1. The lowest BCUT2D eigenvalue weighted by atomic mass is 10.3. The Morgan fingerprint density at radius 2 is 1.84 bits per heavy atom. The topological polar surface area (TPSA) is 61.3 Å². The molecule has 0 fully saturated rings. The third-order valence-electron chi connectivity index (χ3n) is 2.52. The summed E-state index contributed by atoms with van der Waals surface area (Å²) in [4.78, 5) is 4.18. The molecule has 0 aliphatic carbocycles. The van der Waals surface area contributed by atoms with Crippen molar-refractivity contribution in [3.8, 4) is 11.8 Å². The number of nitrogens with two attached hydrogens (primary N) is 1. The molecule has 0 radical (unpaired) electrons. The second-order valence-corrected chi connectivity index (χ2v) is 4.67. The summed E-state index contributed by atoms with van der Waals surface area (Å²) < 4.78 is 10.9. The van der Waals surface area contributed by atoms with Crippen LogP contribution in [-0.2, 0) is 0 Å². The maximum absolute atomic E-state index is 5.91. The molecule has 3 aromatic rings. The predicted octanol–water partition coefficient (Wildman–Crippen LogP) is 4.51. The molecule has 3 rings (SSSR count). The molecule has 0 bridgehead atoms. The minimum atomic E-state index is 0.103. The van der Waals surface area contributed by atoms with Crippen LogP contribution in [0.25, 0.3) is 11.1 Å². The number of nitrogen functional groups attached to an aromatic ring is 1. The van der Waals surface area contributed by atoms with Crippen LogP contribution in [-0.4, -0.2) is 4.98 Å². The largest absolute Gasteiger partial charge is 0.409 e. The van der Waals surface area contributed by atoms with Gasteiger partial charge in [-0.25, -0.2) is 0 Å². The molecule has 0 saturated heterocycles. The van der Waals surface area contributed by atoms with Crippen molar-refractivity contribution >= 4 is 40.0 Å². The third kappa shape index (κ3) is 2.32. The van der Waals surface area contributed by atoms with Crippen LogP contribution in [0.4, 0.5) is 5.69 Å². The number of nitrogens with zero attached hydrogens (tertiary/aromatic N) is 1. The van der Waals surface area contributed by atoms with Crippen LogP contribution in [0, 0.1) is 0 Å². The van der Waals surface area contributed by atoms with Crippen molar-refractivity contribution in [2.45, 2.75) is 0 Å². The number of anilines is 1. The van der Waals surface area contributed by atoms with E-state index in [1.54, 1.807) is 6.07 Å². The second kappa shape index (κ2) is 4.64. The van der Waals surface area contributed by atoms with E-state index in [0.717, 1.165) is 0 Å². The van der Waals surface area contributed by atoms with Gasteiger partial charge in [0.25, 0.3) is 0 Å². The molecule has 0 spiro atoms. The quantitative estimate of drug-likeness (QED) is 0.707. The van der Waals surface area contributed by atoms with Crippen LogP contribution in [0.1, 0.15) is 0 Å². The van der Waals surface area contributed by atoms with E-state index < -0.39 is 0 Å². The Morgan fingerprint density at radius 3 is 2.63 bits per heavy atom. The van der Waals surface area contributed by atoms with Crippen molar-refractivity contribution < 1.29 is 9.15 Å². The predicted molar refractivity (Wildman–Crippen MR) is 75.0 cm³/mol. The molecular formula is C13H8Cl2N2O2. The molecule has 96 valence electrons. The van der Waals surface area contributed by atoms with Crippen molar-refractivity contribution in [3.05, 3.63) is 46.4 Å². The average molecular weight is 295 g/mol. The van der Waals surface area contributed by atoms with E-state index in [1.807, 2.05) is 18.2 Å². The van der Waals surface area contributed by atoms with Gasteiger partial charge >= 0.3 is 6.08 Å². The first-order valence-electron chi connectivity index (χ1n) is 5.41. The van der Waals surface area contributed by atoms with Crippen LogP contribution in [0.2, 0.25) is 10.0 Å². The first kappa shape index (κ1) is 12.1. The number of para-hydroxylation sites is 2. The Kier molecular flexibility index (Phi) is 2.97. The van der Waals surface area contributed by atoms with E-state index >= 15 is 0 Å². The maximum atomic E-state index is 5.91. The fourth-order valence-corrected chi connectivity index (χ4v) is 1.95. The average Bonchev–Trinajstić information content (AvgIpc) is 2.78. The summed E-state index contributed by atoms with van der Waals surface area (Å²) in [7, 11) is 0. The molecule has 1 heterocycles. The molecule has 6 heteroatoms. The standard InChI is InChI=1S/C13H8Cl2N2O2/c14-7-5-9(16)12(6-8(7)15)19-13-17-10-3-1-2-4-11(10)18-13/h1-6H,16H2. The van der Waals surface area contributed by atoms with Crippen molar-refractivity contribution in [1.82, 2.24) is 4.98 Å². The lowest BCUT2D eigenvalue weighted by molar-refractivity contribution is 0.344. The highest BCUT2D eigenvalue weighted by Gasteiger charge is 2.11. The van der Waals surface area contributed by atoms with Crippen LogP contribution in [0.15, 0.2) is 40.8 Å². The number of ether oxygens (including phenoxy) is 1. The van der Waals surface area contributed by atoms with Gasteiger partial charge in [-0.05, 0) is 18.2 Å². The first-order valence-corrected chi connectivity index (χ1v) is 6.17.